The van der Waals surface area contributed by atoms with Crippen LogP contribution in [0.25, 0.3) is 0 Å². The van der Waals surface area contributed by atoms with Gasteiger partial charge in [-0.25, -0.2) is 0 Å². The number of carbonyl (C=O) groups is 3. The first-order valence-corrected chi connectivity index (χ1v) is 9.56. The van der Waals surface area contributed by atoms with Crippen LogP contribution in [0.4, 0.5) is 0 Å². The van der Waals surface area contributed by atoms with Gasteiger partial charge in [-0.05, 0) is 31.2 Å². The predicted octanol–water partition coefficient (Wildman–Crippen LogP) is 0.706. The molecule has 0 aliphatic heterocycles. The maximum Gasteiger partial charge on any atom is 0.246 e. The number of rotatable bonds is 11. The summed E-state index contributed by atoms with van der Waals surface area (Å²) in [5.41, 5.74) is 16.9. The minimum atomic E-state index is -0.992. The monoisotopic (exact) mass is 441 g/mol. The molecule has 0 aliphatic carbocycles. The van der Waals surface area contributed by atoms with Crippen LogP contribution in [0.2, 0.25) is 0 Å². The predicted molar refractivity (Wildman–Crippen MR) is 118 cm³/mol. The smallest absolute Gasteiger partial charge is 0.246 e. The molecule has 1 rings (SSSR count). The Hall–Kier alpha value is -2.65. The Kier molecular flexibility index (Phi) is 12.4. The quantitative estimate of drug-likeness (QED) is 0.170. The van der Waals surface area contributed by atoms with E-state index in [1.54, 1.807) is 18.2 Å². The number of guanidine groups is 1. The van der Waals surface area contributed by atoms with E-state index in [9.17, 15) is 19.5 Å². The molecular weight excluding hydrogens is 410 g/mol. The summed E-state index contributed by atoms with van der Waals surface area (Å²) in [6.45, 7) is 4.09. The van der Waals surface area contributed by atoms with E-state index >= 15 is 0 Å². The third-order valence-corrected chi connectivity index (χ3v) is 4.32. The Balaban J connectivity index is 0.00000841. The largest absolute Gasteiger partial charge is 0.508 e. The van der Waals surface area contributed by atoms with E-state index < -0.39 is 23.9 Å². The molecule has 0 unspecified atom stereocenters. The number of aldehydes is 1. The van der Waals surface area contributed by atoms with Gasteiger partial charge < -0.3 is 27.1 Å². The minimum Gasteiger partial charge on any atom is -0.508 e. The molecule has 0 fully saturated rings. The van der Waals surface area contributed by atoms with Crippen molar-refractivity contribution >= 4 is 36.5 Å². The second kappa shape index (κ2) is 13.6. The van der Waals surface area contributed by atoms with Crippen molar-refractivity contribution < 1.29 is 19.5 Å². The van der Waals surface area contributed by atoms with E-state index in [-0.39, 0.29) is 49.4 Å². The van der Waals surface area contributed by atoms with Gasteiger partial charge in [-0.1, -0.05) is 32.0 Å². The third-order valence-electron chi connectivity index (χ3n) is 4.32. The molecule has 9 nitrogen and oxygen atoms in total. The molecule has 0 heterocycles. The lowest BCUT2D eigenvalue weighted by molar-refractivity contribution is -0.150. The van der Waals surface area contributed by atoms with Crippen LogP contribution in [-0.4, -0.2) is 52.7 Å². The number of hydrogen-bond donors (Lipinski definition) is 4. The number of nitrogens with two attached hydrogens (primary N) is 3. The number of phenols is 1. The van der Waals surface area contributed by atoms with Crippen molar-refractivity contribution in [3.8, 4) is 5.75 Å². The topological polar surface area (TPSA) is 165 Å². The zero-order valence-electron chi connectivity index (χ0n) is 17.4. The lowest BCUT2D eigenvalue weighted by atomic mass is 10.0. The number of nitrogens with zero attached hydrogens (tertiary/aromatic N) is 2. The summed E-state index contributed by atoms with van der Waals surface area (Å²) >= 11 is 0. The fourth-order valence-electron chi connectivity index (χ4n) is 2.93. The lowest BCUT2D eigenvalue weighted by Gasteiger charge is -2.29. The molecule has 1 aromatic carbocycles. The SMILES string of the molecule is CC(C)C[C@H](N)C(=O)N(C(=O)Cc1ccccc1O)[C@H](C=O)CCCN=C(N)N.Cl. The van der Waals surface area contributed by atoms with Crippen molar-refractivity contribution in [2.45, 2.75) is 51.6 Å². The summed E-state index contributed by atoms with van der Waals surface area (Å²) in [7, 11) is 0. The lowest BCUT2D eigenvalue weighted by Crippen LogP contribution is -2.53. The summed E-state index contributed by atoms with van der Waals surface area (Å²) in [6.07, 6.45) is 1.30. The Labute approximate surface area is 183 Å². The molecule has 1 aromatic rings. The molecule has 30 heavy (non-hydrogen) atoms. The van der Waals surface area contributed by atoms with Crippen molar-refractivity contribution in [1.29, 1.82) is 0 Å². The van der Waals surface area contributed by atoms with E-state index in [1.165, 1.54) is 6.07 Å². The van der Waals surface area contributed by atoms with Crippen molar-refractivity contribution in [2.24, 2.45) is 28.1 Å². The zero-order chi connectivity index (χ0) is 22.0. The van der Waals surface area contributed by atoms with Crippen LogP contribution in [0.3, 0.4) is 0 Å². The standard InChI is InChI=1S/C20H31N5O4.ClH/c1-13(2)10-16(21)19(29)25(15(12-26)7-5-9-24-20(22)23)18(28)11-14-6-3-4-8-17(14)27;/h3-4,6,8,12-13,15-16,27H,5,7,9-11,21H2,1-2H3,(H4,22,23,24);1H/t15-,16-;/m0./s1. The van der Waals surface area contributed by atoms with Crippen LogP contribution >= 0.6 is 12.4 Å². The van der Waals surface area contributed by atoms with Crippen LogP contribution in [0.15, 0.2) is 29.3 Å². The highest BCUT2D eigenvalue weighted by Gasteiger charge is 2.33. The number of aromatic hydroxyl groups is 1. The number of para-hydroxylation sites is 1. The molecule has 0 aliphatic rings. The number of imide groups is 1. The van der Waals surface area contributed by atoms with E-state index in [4.69, 9.17) is 17.2 Å². The van der Waals surface area contributed by atoms with Crippen LogP contribution in [-0.2, 0) is 20.8 Å². The fraction of sp³-hybridized carbons (Fsp3) is 0.500. The Morgan fingerprint density at radius 1 is 1.23 bits per heavy atom. The van der Waals surface area contributed by atoms with Gasteiger partial charge in [0, 0.05) is 12.1 Å². The Morgan fingerprint density at radius 2 is 1.87 bits per heavy atom. The molecule has 0 bridgehead atoms. The number of carbonyl (C=O) groups excluding carboxylic acids is 3. The molecule has 0 saturated carbocycles. The van der Waals surface area contributed by atoms with Gasteiger partial charge in [0.2, 0.25) is 11.8 Å². The van der Waals surface area contributed by atoms with Gasteiger partial charge in [0.25, 0.3) is 0 Å². The average molecular weight is 442 g/mol. The second-order valence-electron chi connectivity index (χ2n) is 7.30. The summed E-state index contributed by atoms with van der Waals surface area (Å²) in [6, 6.07) is 4.43. The van der Waals surface area contributed by atoms with Gasteiger partial charge in [0.05, 0.1) is 18.5 Å². The van der Waals surface area contributed by atoms with E-state index in [0.717, 1.165) is 4.90 Å². The molecule has 0 aromatic heterocycles. The second-order valence-corrected chi connectivity index (χ2v) is 7.30. The summed E-state index contributed by atoms with van der Waals surface area (Å²) in [4.78, 5) is 42.4. The van der Waals surface area contributed by atoms with Gasteiger partial charge in [-0.15, -0.1) is 12.4 Å². The van der Waals surface area contributed by atoms with E-state index in [1.807, 2.05) is 13.8 Å². The van der Waals surface area contributed by atoms with Gasteiger partial charge in [0.15, 0.2) is 5.96 Å². The van der Waals surface area contributed by atoms with E-state index in [0.29, 0.717) is 24.7 Å². The fourth-order valence-corrected chi connectivity index (χ4v) is 2.93. The number of halogens is 1. The number of amides is 2. The molecule has 0 radical (unpaired) electrons. The minimum absolute atomic E-state index is 0. The molecule has 10 heteroatoms. The van der Waals surface area contributed by atoms with Crippen molar-refractivity contribution in [3.63, 3.8) is 0 Å². The van der Waals surface area contributed by atoms with Crippen molar-refractivity contribution in [2.75, 3.05) is 6.54 Å². The Bertz CT molecular complexity index is 738. The normalized spacial score (nSPS) is 12.4. The van der Waals surface area contributed by atoms with Gasteiger partial charge in [-0.3, -0.25) is 19.5 Å². The van der Waals surface area contributed by atoms with Crippen LogP contribution in [0.1, 0.15) is 38.7 Å². The maximum absolute atomic E-state index is 12.9. The molecule has 2 amide bonds. The van der Waals surface area contributed by atoms with Gasteiger partial charge in [-0.2, -0.15) is 0 Å². The van der Waals surface area contributed by atoms with Crippen LogP contribution in [0.5, 0.6) is 5.75 Å². The molecule has 7 N–H and O–H groups in total. The first kappa shape index (κ1) is 27.4. The average Bonchev–Trinajstić information content (AvgIpc) is 2.64. The summed E-state index contributed by atoms with van der Waals surface area (Å²) in [5, 5.41) is 9.94. The first-order valence-electron chi connectivity index (χ1n) is 9.56. The molecule has 0 spiro atoms. The summed E-state index contributed by atoms with van der Waals surface area (Å²) in [5.74, 6) is -1.21. The van der Waals surface area contributed by atoms with Crippen molar-refractivity contribution in [1.82, 2.24) is 4.90 Å². The van der Waals surface area contributed by atoms with Gasteiger partial charge >= 0.3 is 0 Å². The van der Waals surface area contributed by atoms with Crippen LogP contribution in [0, 0.1) is 5.92 Å². The summed E-state index contributed by atoms with van der Waals surface area (Å²) < 4.78 is 0. The maximum atomic E-state index is 12.9. The van der Waals surface area contributed by atoms with Crippen LogP contribution < -0.4 is 17.2 Å². The highest BCUT2D eigenvalue weighted by molar-refractivity contribution is 6.01. The molecule has 168 valence electrons. The molecular formula is C20H32ClN5O4. The van der Waals surface area contributed by atoms with Crippen molar-refractivity contribution in [3.05, 3.63) is 29.8 Å². The Morgan fingerprint density at radius 3 is 2.40 bits per heavy atom. The highest BCUT2D eigenvalue weighted by atomic mass is 35.5. The number of benzene rings is 1. The molecule has 2 atom stereocenters. The third kappa shape index (κ3) is 8.79. The van der Waals surface area contributed by atoms with Gasteiger partial charge in [0.1, 0.15) is 12.0 Å². The van der Waals surface area contributed by atoms with E-state index in [2.05, 4.69) is 4.99 Å². The zero-order valence-corrected chi connectivity index (χ0v) is 18.2. The number of aliphatic imine (C=N–C) groups is 1. The first-order chi connectivity index (χ1) is 13.7. The molecule has 0 saturated heterocycles. The highest BCUT2D eigenvalue weighted by Crippen LogP contribution is 2.19. The number of hydrogen-bond acceptors (Lipinski definition) is 6. The number of phenolic OH excluding ortho intramolecular Hbond substituents is 1.